The topological polar surface area (TPSA) is 112 Å². The van der Waals surface area contributed by atoms with E-state index in [2.05, 4.69) is 40.0 Å². The minimum Gasteiger partial charge on any atom is -0.493 e. The molecule has 2 heterocycles. The Hall–Kier alpha value is -4.08. The summed E-state index contributed by atoms with van der Waals surface area (Å²) in [5.41, 5.74) is 2.47. The number of aromatic nitrogens is 4. The van der Waals surface area contributed by atoms with E-state index in [1.165, 1.54) is 0 Å². The van der Waals surface area contributed by atoms with E-state index in [-0.39, 0.29) is 5.91 Å². The number of anilines is 2. The van der Waals surface area contributed by atoms with Gasteiger partial charge in [-0.15, -0.1) is 0 Å². The maximum Gasteiger partial charge on any atom is 0.255 e. The number of carbonyl (C=O) groups is 1. The molecule has 0 fully saturated rings. The van der Waals surface area contributed by atoms with Crippen LogP contribution in [0.25, 0.3) is 0 Å². The normalized spacial score (nSPS) is 14.8. The Labute approximate surface area is 210 Å². The van der Waals surface area contributed by atoms with Gasteiger partial charge in [0.15, 0.2) is 11.5 Å². The van der Waals surface area contributed by atoms with E-state index in [0.29, 0.717) is 59.3 Å². The molecule has 4 rings (SSSR count). The van der Waals surface area contributed by atoms with Crippen LogP contribution in [0, 0.1) is 5.92 Å². The van der Waals surface area contributed by atoms with Gasteiger partial charge >= 0.3 is 0 Å². The Kier molecular flexibility index (Phi) is 7.72. The lowest BCUT2D eigenvalue weighted by Crippen LogP contribution is -2.31. The van der Waals surface area contributed by atoms with Crippen molar-refractivity contribution in [3.05, 3.63) is 59.3 Å². The van der Waals surface area contributed by atoms with Crippen LogP contribution in [0.4, 0.5) is 11.6 Å². The first-order valence-electron chi connectivity index (χ1n) is 12.0. The molecule has 2 aromatic carbocycles. The van der Waals surface area contributed by atoms with Crippen LogP contribution in [0.3, 0.4) is 0 Å². The fourth-order valence-corrected chi connectivity index (χ4v) is 4.03. The summed E-state index contributed by atoms with van der Waals surface area (Å²) < 4.78 is 18.9. The summed E-state index contributed by atoms with van der Waals surface area (Å²) in [7, 11) is 1.60. The number of rotatable bonds is 10. The van der Waals surface area contributed by atoms with Crippen molar-refractivity contribution in [1.29, 1.82) is 0 Å². The number of ether oxygens (including phenoxy) is 3. The van der Waals surface area contributed by atoms with Gasteiger partial charge < -0.3 is 24.8 Å². The van der Waals surface area contributed by atoms with Gasteiger partial charge in [0.25, 0.3) is 5.91 Å². The molecule has 1 atom stereocenters. The number of nitrogens with one attached hydrogen (secondary N) is 2. The Morgan fingerprint density at radius 2 is 1.94 bits per heavy atom. The highest BCUT2D eigenvalue weighted by Crippen LogP contribution is 2.39. The number of hydrogen-bond acceptors (Lipinski definition) is 8. The number of benzene rings is 2. The molecule has 0 spiro atoms. The molecule has 10 heteroatoms. The highest BCUT2D eigenvalue weighted by atomic mass is 16.5. The second-order valence-corrected chi connectivity index (χ2v) is 8.84. The summed E-state index contributed by atoms with van der Waals surface area (Å²) in [4.78, 5) is 13.7. The molecule has 0 aliphatic carbocycles. The first-order chi connectivity index (χ1) is 17.4. The first kappa shape index (κ1) is 25.0. The molecule has 0 bridgehead atoms. The molecule has 0 saturated heterocycles. The number of para-hydroxylation sites is 2. The third-order valence-electron chi connectivity index (χ3n) is 5.85. The van der Waals surface area contributed by atoms with E-state index in [1.807, 2.05) is 50.2 Å². The monoisotopic (exact) mass is 492 g/mol. The standard InChI is InChI=1S/C26H32N6O4/c1-6-35-20-10-8-7-9-19(20)28-25(33)23-17(4)27-26-29-30-31-32(26)24(23)18-11-12-21(22(15-18)34-5)36-14-13-16(2)3/h7-12,15-16,24H,6,13-14H2,1-5H3,(H,28,33)(H,27,29,31). The van der Waals surface area contributed by atoms with Crippen LogP contribution in [0.15, 0.2) is 53.7 Å². The number of methoxy groups -OCH3 is 1. The second-order valence-electron chi connectivity index (χ2n) is 8.84. The van der Waals surface area contributed by atoms with Gasteiger partial charge in [-0.2, -0.15) is 4.68 Å². The smallest absolute Gasteiger partial charge is 0.255 e. The summed E-state index contributed by atoms with van der Waals surface area (Å²) in [5, 5.41) is 18.2. The molecular formula is C26H32N6O4. The van der Waals surface area contributed by atoms with Crippen LogP contribution in [-0.2, 0) is 4.79 Å². The quantitative estimate of drug-likeness (QED) is 0.427. The molecule has 1 aliphatic heterocycles. The Bertz CT molecular complexity index is 1250. The summed E-state index contributed by atoms with van der Waals surface area (Å²) >= 11 is 0. The lowest BCUT2D eigenvalue weighted by molar-refractivity contribution is -0.113. The molecule has 1 aromatic heterocycles. The van der Waals surface area contributed by atoms with Crippen LogP contribution < -0.4 is 24.8 Å². The van der Waals surface area contributed by atoms with Gasteiger partial charge in [-0.25, -0.2) is 0 Å². The number of nitrogens with zero attached hydrogens (tertiary/aromatic N) is 4. The van der Waals surface area contributed by atoms with E-state index in [9.17, 15) is 4.79 Å². The minimum absolute atomic E-state index is 0.297. The van der Waals surface area contributed by atoms with Crippen molar-refractivity contribution in [2.75, 3.05) is 31.0 Å². The lowest BCUT2D eigenvalue weighted by atomic mass is 9.94. The zero-order valence-electron chi connectivity index (χ0n) is 21.2. The number of hydrogen-bond donors (Lipinski definition) is 2. The number of amides is 1. The maximum atomic E-state index is 13.7. The van der Waals surface area contributed by atoms with Crippen LogP contribution in [0.2, 0.25) is 0 Å². The third-order valence-corrected chi connectivity index (χ3v) is 5.85. The molecule has 1 aliphatic rings. The number of allylic oxidation sites excluding steroid dienone is 1. The van der Waals surface area contributed by atoms with Gasteiger partial charge in [0.05, 0.1) is 31.6 Å². The van der Waals surface area contributed by atoms with Gasteiger partial charge in [-0.1, -0.05) is 37.1 Å². The summed E-state index contributed by atoms with van der Waals surface area (Å²) in [6, 6.07) is 12.4. The maximum absolute atomic E-state index is 13.7. The fraction of sp³-hybridized carbons (Fsp3) is 0.385. The molecule has 3 aromatic rings. The van der Waals surface area contributed by atoms with Crippen LogP contribution in [0.5, 0.6) is 17.2 Å². The Balaban J connectivity index is 1.69. The molecule has 2 N–H and O–H groups in total. The van der Waals surface area contributed by atoms with E-state index in [4.69, 9.17) is 14.2 Å². The number of tetrazole rings is 1. The van der Waals surface area contributed by atoms with Crippen LogP contribution in [-0.4, -0.2) is 46.4 Å². The third kappa shape index (κ3) is 5.27. The molecule has 1 unspecified atom stereocenters. The SMILES string of the molecule is CCOc1ccccc1NC(=O)C1=C(C)Nc2nnnn2C1c1ccc(OCCC(C)C)c(OC)c1. The Morgan fingerprint density at radius 3 is 2.69 bits per heavy atom. The van der Waals surface area contributed by atoms with Crippen molar-refractivity contribution in [3.63, 3.8) is 0 Å². The zero-order valence-corrected chi connectivity index (χ0v) is 21.2. The van der Waals surface area contributed by atoms with Crippen molar-refractivity contribution in [2.24, 2.45) is 5.92 Å². The largest absolute Gasteiger partial charge is 0.493 e. The van der Waals surface area contributed by atoms with Gasteiger partial charge in [-0.3, -0.25) is 4.79 Å². The van der Waals surface area contributed by atoms with Crippen molar-refractivity contribution in [3.8, 4) is 17.2 Å². The average molecular weight is 493 g/mol. The Morgan fingerprint density at radius 1 is 1.14 bits per heavy atom. The highest BCUT2D eigenvalue weighted by Gasteiger charge is 2.35. The van der Waals surface area contributed by atoms with Crippen molar-refractivity contribution in [2.45, 2.75) is 40.2 Å². The summed E-state index contributed by atoms with van der Waals surface area (Å²) in [6.45, 7) is 9.10. The molecule has 36 heavy (non-hydrogen) atoms. The number of fused-ring (bicyclic) bond motifs is 1. The fourth-order valence-electron chi connectivity index (χ4n) is 4.03. The second kappa shape index (κ2) is 11.1. The zero-order chi connectivity index (χ0) is 25.7. The highest BCUT2D eigenvalue weighted by molar-refractivity contribution is 6.06. The van der Waals surface area contributed by atoms with E-state index in [0.717, 1.165) is 12.0 Å². The van der Waals surface area contributed by atoms with Crippen LogP contribution in [0.1, 0.15) is 45.7 Å². The number of carbonyl (C=O) groups excluding carboxylic acids is 1. The van der Waals surface area contributed by atoms with Gasteiger partial charge in [0.1, 0.15) is 11.8 Å². The van der Waals surface area contributed by atoms with Gasteiger partial charge in [0.2, 0.25) is 5.95 Å². The van der Waals surface area contributed by atoms with Crippen LogP contribution >= 0.6 is 0 Å². The van der Waals surface area contributed by atoms with Crippen molar-refractivity contribution < 1.29 is 19.0 Å². The molecular weight excluding hydrogens is 460 g/mol. The van der Waals surface area contributed by atoms with E-state index < -0.39 is 6.04 Å². The molecule has 10 nitrogen and oxygen atoms in total. The lowest BCUT2D eigenvalue weighted by Gasteiger charge is -2.28. The van der Waals surface area contributed by atoms with Gasteiger partial charge in [-0.05, 0) is 66.4 Å². The average Bonchev–Trinajstić information content (AvgIpc) is 3.32. The molecule has 0 saturated carbocycles. The molecule has 1 amide bonds. The first-order valence-corrected chi connectivity index (χ1v) is 12.0. The minimum atomic E-state index is -0.589. The van der Waals surface area contributed by atoms with E-state index >= 15 is 0 Å². The molecule has 0 radical (unpaired) electrons. The van der Waals surface area contributed by atoms with Crippen molar-refractivity contribution in [1.82, 2.24) is 20.2 Å². The van der Waals surface area contributed by atoms with Gasteiger partial charge in [0, 0.05) is 5.70 Å². The predicted molar refractivity (Wildman–Crippen MR) is 136 cm³/mol. The van der Waals surface area contributed by atoms with Crippen molar-refractivity contribution >= 4 is 17.5 Å². The van der Waals surface area contributed by atoms with E-state index in [1.54, 1.807) is 17.9 Å². The molecule has 190 valence electrons. The summed E-state index contributed by atoms with van der Waals surface area (Å²) in [6.07, 6.45) is 0.933. The predicted octanol–water partition coefficient (Wildman–Crippen LogP) is 4.43. The summed E-state index contributed by atoms with van der Waals surface area (Å²) in [5.74, 6) is 2.49.